The van der Waals surface area contributed by atoms with Gasteiger partial charge in [0.15, 0.2) is 0 Å². The number of carbonyl (C=O) groups is 3. The van der Waals surface area contributed by atoms with E-state index in [4.69, 9.17) is 0 Å². The van der Waals surface area contributed by atoms with Gasteiger partial charge in [-0.3, -0.25) is 14.4 Å². The Labute approximate surface area is 179 Å². The zero-order valence-corrected chi connectivity index (χ0v) is 17.1. The molecule has 0 aliphatic carbocycles. The van der Waals surface area contributed by atoms with Crippen molar-refractivity contribution in [3.8, 4) is 0 Å². The van der Waals surface area contributed by atoms with Gasteiger partial charge in [-0.15, -0.1) is 0 Å². The number of nitrogens with zero attached hydrogens (tertiary/aromatic N) is 1. The molecule has 31 heavy (non-hydrogen) atoms. The van der Waals surface area contributed by atoms with Gasteiger partial charge in [-0.25, -0.2) is 8.78 Å². The molecule has 0 spiro atoms. The minimum Gasteiger partial charge on any atom is -0.352 e. The Morgan fingerprint density at radius 1 is 0.935 bits per heavy atom. The fourth-order valence-electron chi connectivity index (χ4n) is 3.48. The van der Waals surface area contributed by atoms with Crippen LogP contribution in [0.1, 0.15) is 52.8 Å². The summed E-state index contributed by atoms with van der Waals surface area (Å²) in [4.78, 5) is 38.9. The van der Waals surface area contributed by atoms with Gasteiger partial charge in [0.2, 0.25) is 5.91 Å². The maximum Gasteiger partial charge on any atom is 0.255 e. The van der Waals surface area contributed by atoms with Crippen molar-refractivity contribution in [2.45, 2.75) is 32.1 Å². The summed E-state index contributed by atoms with van der Waals surface area (Å²) >= 11 is 0. The first-order valence-corrected chi connectivity index (χ1v) is 10.4. The second kappa shape index (κ2) is 10.7. The molecule has 0 atom stereocenters. The van der Waals surface area contributed by atoms with Crippen LogP contribution in [0.4, 0.5) is 14.5 Å². The van der Waals surface area contributed by atoms with Gasteiger partial charge in [-0.05, 0) is 49.9 Å². The van der Waals surface area contributed by atoms with Gasteiger partial charge in [0.05, 0.1) is 16.8 Å². The summed E-state index contributed by atoms with van der Waals surface area (Å²) in [7, 11) is 0. The number of piperidine rings is 1. The first-order valence-electron chi connectivity index (χ1n) is 10.4. The molecule has 2 N–H and O–H groups in total. The van der Waals surface area contributed by atoms with Gasteiger partial charge in [-0.2, -0.15) is 0 Å². The molecule has 0 radical (unpaired) electrons. The molecule has 1 saturated heterocycles. The lowest BCUT2D eigenvalue weighted by molar-refractivity contribution is -0.116. The topological polar surface area (TPSA) is 78.5 Å². The summed E-state index contributed by atoms with van der Waals surface area (Å²) in [6.45, 7) is 1.59. The molecule has 0 bridgehead atoms. The van der Waals surface area contributed by atoms with Crippen LogP contribution in [0.5, 0.6) is 0 Å². The molecule has 1 aliphatic rings. The number of benzene rings is 2. The number of para-hydroxylation sites is 1. The fourth-order valence-corrected chi connectivity index (χ4v) is 3.48. The predicted molar refractivity (Wildman–Crippen MR) is 113 cm³/mol. The molecule has 0 saturated carbocycles. The number of halogens is 2. The molecule has 3 rings (SSSR count). The van der Waals surface area contributed by atoms with E-state index in [0.29, 0.717) is 23.7 Å². The highest BCUT2D eigenvalue weighted by Gasteiger charge is 2.21. The summed E-state index contributed by atoms with van der Waals surface area (Å²) in [5, 5.41) is 5.27. The zero-order chi connectivity index (χ0) is 22.2. The van der Waals surface area contributed by atoms with Crippen LogP contribution in [0.3, 0.4) is 0 Å². The second-order valence-electron chi connectivity index (χ2n) is 7.43. The second-order valence-corrected chi connectivity index (χ2v) is 7.43. The number of rotatable bonds is 7. The molecule has 8 heteroatoms. The summed E-state index contributed by atoms with van der Waals surface area (Å²) in [6.07, 6.45) is 3.51. The van der Waals surface area contributed by atoms with Crippen molar-refractivity contribution in [3.05, 3.63) is 65.2 Å². The van der Waals surface area contributed by atoms with E-state index >= 15 is 0 Å². The van der Waals surface area contributed by atoms with Crippen molar-refractivity contribution in [1.82, 2.24) is 10.2 Å². The van der Waals surface area contributed by atoms with Crippen molar-refractivity contribution in [2.75, 3.05) is 25.0 Å². The van der Waals surface area contributed by atoms with E-state index in [2.05, 4.69) is 10.6 Å². The average molecular weight is 429 g/mol. The molecule has 0 aromatic heterocycles. The highest BCUT2D eigenvalue weighted by molar-refractivity contribution is 6.03. The first-order chi connectivity index (χ1) is 15.0. The lowest BCUT2D eigenvalue weighted by Crippen LogP contribution is -2.36. The highest BCUT2D eigenvalue weighted by Crippen LogP contribution is 2.20. The summed E-state index contributed by atoms with van der Waals surface area (Å²) in [5.41, 5.74) is 0.661. The van der Waals surface area contributed by atoms with E-state index in [1.165, 1.54) is 0 Å². The number of amides is 3. The monoisotopic (exact) mass is 429 g/mol. The van der Waals surface area contributed by atoms with E-state index in [1.54, 1.807) is 29.2 Å². The quantitative estimate of drug-likeness (QED) is 0.658. The third kappa shape index (κ3) is 6.10. The van der Waals surface area contributed by atoms with E-state index in [-0.39, 0.29) is 30.3 Å². The number of carbonyl (C=O) groups excluding carboxylic acids is 3. The Kier molecular flexibility index (Phi) is 7.70. The Bertz CT molecular complexity index is 959. The van der Waals surface area contributed by atoms with Crippen molar-refractivity contribution in [1.29, 1.82) is 0 Å². The van der Waals surface area contributed by atoms with Crippen molar-refractivity contribution in [2.24, 2.45) is 0 Å². The van der Waals surface area contributed by atoms with Gasteiger partial charge < -0.3 is 15.5 Å². The maximum atomic E-state index is 13.6. The van der Waals surface area contributed by atoms with Crippen LogP contribution >= 0.6 is 0 Å². The van der Waals surface area contributed by atoms with Crippen LogP contribution in [-0.4, -0.2) is 42.3 Å². The van der Waals surface area contributed by atoms with Gasteiger partial charge in [-0.1, -0.05) is 12.1 Å². The standard InChI is InChI=1S/C23H25F2N3O3/c24-16-10-11-17(19(25)15-16)22(30)26-12-6-9-21(29)27-20-8-3-2-7-18(20)23(31)28-13-4-1-5-14-28/h2-3,7-8,10-11,15H,1,4-6,9,12-14H2,(H,26,30)(H,27,29). The molecule has 0 unspecified atom stereocenters. The summed E-state index contributed by atoms with van der Waals surface area (Å²) in [5.74, 6) is -2.75. The lowest BCUT2D eigenvalue weighted by atomic mass is 10.1. The zero-order valence-electron chi connectivity index (χ0n) is 17.1. The number of nitrogens with one attached hydrogen (secondary N) is 2. The van der Waals surface area contributed by atoms with Gasteiger partial charge in [0, 0.05) is 32.1 Å². The molecule has 2 aromatic carbocycles. The number of anilines is 1. The minimum absolute atomic E-state index is 0.0933. The number of likely N-dealkylation sites (tertiary alicyclic amines) is 1. The van der Waals surface area contributed by atoms with Gasteiger partial charge in [0.25, 0.3) is 11.8 Å². The smallest absolute Gasteiger partial charge is 0.255 e. The molecule has 3 amide bonds. The molecule has 1 fully saturated rings. The van der Waals surface area contributed by atoms with Gasteiger partial charge in [0.1, 0.15) is 11.6 Å². The maximum absolute atomic E-state index is 13.6. The molecule has 1 aliphatic heterocycles. The largest absolute Gasteiger partial charge is 0.352 e. The normalized spacial score (nSPS) is 13.5. The fraction of sp³-hybridized carbons (Fsp3) is 0.348. The third-order valence-corrected chi connectivity index (χ3v) is 5.12. The molecule has 6 nitrogen and oxygen atoms in total. The average Bonchev–Trinajstić information content (AvgIpc) is 2.77. The van der Waals surface area contributed by atoms with Crippen molar-refractivity contribution >= 4 is 23.4 Å². The van der Waals surface area contributed by atoms with Gasteiger partial charge >= 0.3 is 0 Å². The van der Waals surface area contributed by atoms with Crippen molar-refractivity contribution in [3.63, 3.8) is 0 Å². The highest BCUT2D eigenvalue weighted by atomic mass is 19.1. The Morgan fingerprint density at radius 3 is 2.42 bits per heavy atom. The van der Waals surface area contributed by atoms with E-state index < -0.39 is 17.5 Å². The minimum atomic E-state index is -0.940. The summed E-state index contributed by atoms with van der Waals surface area (Å²) < 4.78 is 26.6. The Morgan fingerprint density at radius 2 is 1.68 bits per heavy atom. The molecule has 1 heterocycles. The van der Waals surface area contributed by atoms with Crippen LogP contribution in [0.15, 0.2) is 42.5 Å². The summed E-state index contributed by atoms with van der Waals surface area (Å²) in [6, 6.07) is 9.62. The van der Waals surface area contributed by atoms with E-state index in [9.17, 15) is 23.2 Å². The first kappa shape index (κ1) is 22.4. The molecule has 2 aromatic rings. The predicted octanol–water partition coefficient (Wildman–Crippen LogP) is 3.74. The molecular weight excluding hydrogens is 404 g/mol. The lowest BCUT2D eigenvalue weighted by Gasteiger charge is -2.27. The van der Waals surface area contributed by atoms with Crippen LogP contribution in [0.2, 0.25) is 0 Å². The van der Waals surface area contributed by atoms with Crippen LogP contribution in [-0.2, 0) is 4.79 Å². The van der Waals surface area contributed by atoms with Crippen LogP contribution in [0.25, 0.3) is 0 Å². The third-order valence-electron chi connectivity index (χ3n) is 5.12. The SMILES string of the molecule is O=C(CCCNC(=O)c1ccc(F)cc1F)Nc1ccccc1C(=O)N1CCCCC1. The van der Waals surface area contributed by atoms with Crippen LogP contribution < -0.4 is 10.6 Å². The van der Waals surface area contributed by atoms with E-state index in [1.807, 2.05) is 0 Å². The van der Waals surface area contributed by atoms with Crippen molar-refractivity contribution < 1.29 is 23.2 Å². The Balaban J connectivity index is 1.49. The van der Waals surface area contributed by atoms with Crippen LogP contribution in [0, 0.1) is 11.6 Å². The Hall–Kier alpha value is -3.29. The van der Waals surface area contributed by atoms with E-state index in [0.717, 1.165) is 44.5 Å². The molecular formula is C23H25F2N3O3. The number of hydrogen-bond donors (Lipinski definition) is 2. The molecule has 164 valence electrons. The number of hydrogen-bond acceptors (Lipinski definition) is 3.